The van der Waals surface area contributed by atoms with Crippen LogP contribution in [0.15, 0.2) is 77.0 Å². The minimum Gasteiger partial charge on any atom is -0.298 e. The molecule has 0 radical (unpaired) electrons. The number of nitrogens with zero attached hydrogens (tertiary/aromatic N) is 1. The van der Waals surface area contributed by atoms with Crippen LogP contribution >= 0.6 is 22.9 Å². The summed E-state index contributed by atoms with van der Waals surface area (Å²) in [6.07, 6.45) is 0. The van der Waals surface area contributed by atoms with E-state index >= 15 is 0 Å². The predicted molar refractivity (Wildman–Crippen MR) is 134 cm³/mol. The van der Waals surface area contributed by atoms with E-state index in [9.17, 15) is 13.2 Å². The number of aryl methyl sites for hydroxylation is 2. The highest BCUT2D eigenvalue weighted by Crippen LogP contribution is 2.29. The average molecular weight is 498 g/mol. The minimum absolute atomic E-state index is 0.0418. The van der Waals surface area contributed by atoms with Gasteiger partial charge in [-0.3, -0.25) is 14.8 Å². The Hall–Kier alpha value is -3.20. The zero-order chi connectivity index (χ0) is 23.6. The van der Waals surface area contributed by atoms with Crippen LogP contribution in [0, 0.1) is 13.8 Å². The van der Waals surface area contributed by atoms with E-state index in [2.05, 4.69) is 21.1 Å². The van der Waals surface area contributed by atoms with E-state index in [-0.39, 0.29) is 16.1 Å². The standard InChI is InChI=1S/C24H20ClN3O3S2/c1-15-7-12-19(16(2)13-15)22-14-32-24(26-22)27-23(29)20-5-3-4-6-21(20)28-33(30,31)18-10-8-17(25)9-11-18/h3-14,28H,1-2H3,(H,26,27,29). The second-order valence-corrected chi connectivity index (χ2v) is 10.4. The highest BCUT2D eigenvalue weighted by molar-refractivity contribution is 7.92. The maximum absolute atomic E-state index is 13.0. The molecule has 0 saturated heterocycles. The fourth-order valence-corrected chi connectivity index (χ4v) is 5.22. The number of hydrogen-bond donors (Lipinski definition) is 2. The lowest BCUT2D eigenvalue weighted by molar-refractivity contribution is 0.102. The number of sulfonamides is 1. The number of aromatic nitrogens is 1. The molecule has 0 saturated carbocycles. The number of thiazole rings is 1. The highest BCUT2D eigenvalue weighted by Gasteiger charge is 2.19. The van der Waals surface area contributed by atoms with Crippen LogP contribution < -0.4 is 10.0 Å². The zero-order valence-electron chi connectivity index (χ0n) is 17.8. The SMILES string of the molecule is Cc1ccc(-c2csc(NC(=O)c3ccccc3NS(=O)(=O)c3ccc(Cl)cc3)n2)c(C)c1. The molecule has 0 atom stereocenters. The number of benzene rings is 3. The summed E-state index contributed by atoms with van der Waals surface area (Å²) in [5, 5.41) is 5.50. The van der Waals surface area contributed by atoms with Gasteiger partial charge in [0, 0.05) is 16.0 Å². The Bertz CT molecular complexity index is 1430. The van der Waals surface area contributed by atoms with Gasteiger partial charge in [0.25, 0.3) is 15.9 Å². The van der Waals surface area contributed by atoms with Crippen molar-refractivity contribution >= 4 is 49.7 Å². The van der Waals surface area contributed by atoms with Crippen LogP contribution in [0.25, 0.3) is 11.3 Å². The van der Waals surface area contributed by atoms with Crippen molar-refractivity contribution in [2.24, 2.45) is 0 Å². The first-order valence-electron chi connectivity index (χ1n) is 9.95. The van der Waals surface area contributed by atoms with Gasteiger partial charge in [-0.1, -0.05) is 47.5 Å². The predicted octanol–water partition coefficient (Wildman–Crippen LogP) is 6.13. The summed E-state index contributed by atoms with van der Waals surface area (Å²) in [6, 6.07) is 18.3. The van der Waals surface area contributed by atoms with E-state index in [1.807, 2.05) is 31.4 Å². The zero-order valence-corrected chi connectivity index (χ0v) is 20.2. The number of amides is 1. The summed E-state index contributed by atoms with van der Waals surface area (Å²) < 4.78 is 28.0. The molecule has 0 aliphatic rings. The lowest BCUT2D eigenvalue weighted by Crippen LogP contribution is -2.18. The summed E-state index contributed by atoms with van der Waals surface area (Å²) in [5.74, 6) is -0.467. The monoisotopic (exact) mass is 497 g/mol. The van der Waals surface area contributed by atoms with E-state index in [1.54, 1.807) is 18.2 Å². The maximum atomic E-state index is 13.0. The molecule has 0 fully saturated rings. The fraction of sp³-hybridized carbons (Fsp3) is 0.0833. The Morgan fingerprint density at radius 2 is 1.73 bits per heavy atom. The number of nitrogens with one attached hydrogen (secondary N) is 2. The van der Waals surface area contributed by atoms with Crippen LogP contribution in [0.2, 0.25) is 5.02 Å². The quantitative estimate of drug-likeness (QED) is 0.335. The second-order valence-electron chi connectivity index (χ2n) is 7.42. The summed E-state index contributed by atoms with van der Waals surface area (Å²) in [5.41, 5.74) is 4.37. The Morgan fingerprint density at radius 3 is 2.45 bits per heavy atom. The van der Waals surface area contributed by atoms with Gasteiger partial charge in [-0.05, 0) is 55.8 Å². The molecule has 4 rings (SSSR count). The molecule has 6 nitrogen and oxygen atoms in total. The van der Waals surface area contributed by atoms with Crippen LogP contribution in [0.5, 0.6) is 0 Å². The lowest BCUT2D eigenvalue weighted by Gasteiger charge is -2.12. The van der Waals surface area contributed by atoms with E-state index in [1.165, 1.54) is 41.7 Å². The van der Waals surface area contributed by atoms with Crippen molar-refractivity contribution in [3.63, 3.8) is 0 Å². The minimum atomic E-state index is -3.90. The van der Waals surface area contributed by atoms with Crippen molar-refractivity contribution < 1.29 is 13.2 Å². The van der Waals surface area contributed by atoms with Crippen molar-refractivity contribution in [3.05, 3.63) is 93.8 Å². The number of carbonyl (C=O) groups is 1. The Morgan fingerprint density at radius 1 is 1.00 bits per heavy atom. The number of carbonyl (C=O) groups excluding carboxylic acids is 1. The normalized spacial score (nSPS) is 11.2. The first-order valence-corrected chi connectivity index (χ1v) is 12.7. The molecule has 0 unspecified atom stereocenters. The van der Waals surface area contributed by atoms with Crippen LogP contribution in [-0.4, -0.2) is 19.3 Å². The third kappa shape index (κ3) is 5.24. The van der Waals surface area contributed by atoms with Crippen molar-refractivity contribution in [1.29, 1.82) is 0 Å². The highest BCUT2D eigenvalue weighted by atomic mass is 35.5. The Labute approximate surface area is 201 Å². The van der Waals surface area contributed by atoms with Crippen LogP contribution in [-0.2, 0) is 10.0 Å². The van der Waals surface area contributed by atoms with E-state index in [4.69, 9.17) is 11.6 Å². The van der Waals surface area contributed by atoms with Gasteiger partial charge in [-0.25, -0.2) is 13.4 Å². The van der Waals surface area contributed by atoms with Gasteiger partial charge in [0.2, 0.25) is 0 Å². The molecule has 2 N–H and O–H groups in total. The smallest absolute Gasteiger partial charge is 0.261 e. The van der Waals surface area contributed by atoms with Gasteiger partial charge >= 0.3 is 0 Å². The summed E-state index contributed by atoms with van der Waals surface area (Å²) in [7, 11) is -3.90. The lowest BCUT2D eigenvalue weighted by atomic mass is 10.0. The van der Waals surface area contributed by atoms with Crippen LogP contribution in [0.1, 0.15) is 21.5 Å². The molecule has 1 amide bonds. The number of para-hydroxylation sites is 1. The summed E-state index contributed by atoms with van der Waals surface area (Å²) in [6.45, 7) is 4.05. The van der Waals surface area contributed by atoms with Crippen molar-refractivity contribution in [2.75, 3.05) is 10.0 Å². The maximum Gasteiger partial charge on any atom is 0.261 e. The largest absolute Gasteiger partial charge is 0.298 e. The fourth-order valence-electron chi connectivity index (χ4n) is 3.31. The molecule has 0 aliphatic carbocycles. The molecule has 0 bridgehead atoms. The van der Waals surface area contributed by atoms with Gasteiger partial charge in [0.05, 0.1) is 21.8 Å². The van der Waals surface area contributed by atoms with Crippen LogP contribution in [0.4, 0.5) is 10.8 Å². The van der Waals surface area contributed by atoms with E-state index in [0.29, 0.717) is 10.2 Å². The van der Waals surface area contributed by atoms with Crippen molar-refractivity contribution in [1.82, 2.24) is 4.98 Å². The van der Waals surface area contributed by atoms with Crippen LogP contribution in [0.3, 0.4) is 0 Å². The molecule has 4 aromatic rings. The second kappa shape index (κ2) is 9.35. The molecule has 168 valence electrons. The Kier molecular flexibility index (Phi) is 6.51. The molecule has 9 heteroatoms. The molecular formula is C24H20ClN3O3S2. The van der Waals surface area contributed by atoms with E-state index < -0.39 is 15.9 Å². The molecule has 0 aliphatic heterocycles. The molecule has 0 spiro atoms. The molecule has 33 heavy (non-hydrogen) atoms. The van der Waals surface area contributed by atoms with Gasteiger partial charge in [0.15, 0.2) is 5.13 Å². The Balaban J connectivity index is 1.55. The van der Waals surface area contributed by atoms with Gasteiger partial charge in [-0.2, -0.15) is 0 Å². The molecule has 1 aromatic heterocycles. The molecule has 1 heterocycles. The number of anilines is 2. The topological polar surface area (TPSA) is 88.2 Å². The summed E-state index contributed by atoms with van der Waals surface area (Å²) in [4.78, 5) is 17.5. The van der Waals surface area contributed by atoms with Gasteiger partial charge in [-0.15, -0.1) is 11.3 Å². The molecular weight excluding hydrogens is 478 g/mol. The van der Waals surface area contributed by atoms with Crippen molar-refractivity contribution in [2.45, 2.75) is 18.7 Å². The van der Waals surface area contributed by atoms with Crippen molar-refractivity contribution in [3.8, 4) is 11.3 Å². The first-order chi connectivity index (χ1) is 15.7. The van der Waals surface area contributed by atoms with Gasteiger partial charge in [0.1, 0.15) is 0 Å². The molecule has 3 aromatic carbocycles. The van der Waals surface area contributed by atoms with E-state index in [0.717, 1.165) is 22.4 Å². The third-order valence-electron chi connectivity index (χ3n) is 4.92. The number of halogens is 1. The number of rotatable bonds is 6. The average Bonchev–Trinajstić information content (AvgIpc) is 3.22. The summed E-state index contributed by atoms with van der Waals surface area (Å²) >= 11 is 7.15. The van der Waals surface area contributed by atoms with Gasteiger partial charge < -0.3 is 0 Å². The number of hydrogen-bond acceptors (Lipinski definition) is 5. The first kappa shape index (κ1) is 23.0. The third-order valence-corrected chi connectivity index (χ3v) is 7.31.